The van der Waals surface area contributed by atoms with E-state index in [2.05, 4.69) is 21.3 Å². The number of ether oxygens (including phenoxy) is 1. The highest BCUT2D eigenvalue weighted by Crippen LogP contribution is 2.25. The molecule has 2 aliphatic rings. The van der Waals surface area contributed by atoms with E-state index in [1.165, 1.54) is 18.9 Å². The van der Waals surface area contributed by atoms with Crippen LogP contribution < -0.4 is 21.3 Å². The minimum atomic E-state index is -1.94. The van der Waals surface area contributed by atoms with E-state index in [9.17, 15) is 48.9 Å². The quantitative estimate of drug-likeness (QED) is 0.148. The molecule has 2 saturated heterocycles. The Morgan fingerprint density at radius 2 is 1.42 bits per heavy atom. The van der Waals surface area contributed by atoms with Gasteiger partial charge in [0.25, 0.3) is 5.91 Å². The van der Waals surface area contributed by atoms with Gasteiger partial charge in [0, 0.05) is 19.9 Å². The number of carbonyl (C=O) groups is 7. The fourth-order valence-corrected chi connectivity index (χ4v) is 7.38. The van der Waals surface area contributed by atoms with Gasteiger partial charge in [-0.1, -0.05) is 94.8 Å². The van der Waals surface area contributed by atoms with E-state index in [1.807, 2.05) is 0 Å². The van der Waals surface area contributed by atoms with Crippen LogP contribution in [0.25, 0.3) is 0 Å². The molecule has 2 aromatic carbocycles. The molecule has 60 heavy (non-hydrogen) atoms. The molecule has 10 unspecified atom stereocenters. The van der Waals surface area contributed by atoms with Crippen LogP contribution in [0.15, 0.2) is 60.7 Å². The van der Waals surface area contributed by atoms with Gasteiger partial charge in [0.1, 0.15) is 48.6 Å². The summed E-state index contributed by atoms with van der Waals surface area (Å²) in [6.07, 6.45) is -4.52. The second kappa shape index (κ2) is 21.7. The molecule has 2 aromatic rings. The molecule has 2 fully saturated rings. The Bertz CT molecular complexity index is 1810. The summed E-state index contributed by atoms with van der Waals surface area (Å²) in [6.45, 7) is 7.40. The van der Waals surface area contributed by atoms with Crippen molar-refractivity contribution >= 4 is 41.4 Å². The molecule has 17 heteroatoms. The van der Waals surface area contributed by atoms with E-state index in [4.69, 9.17) is 4.74 Å². The van der Waals surface area contributed by atoms with Gasteiger partial charge in [-0.05, 0) is 49.1 Å². The summed E-state index contributed by atoms with van der Waals surface area (Å²) in [5.74, 6) is -6.81. The summed E-state index contributed by atoms with van der Waals surface area (Å²) >= 11 is 0. The number of hydrogen-bond acceptors (Lipinski definition) is 11. The van der Waals surface area contributed by atoms with Gasteiger partial charge in [-0.25, -0.2) is 4.79 Å². The Morgan fingerprint density at radius 1 is 0.833 bits per heavy atom. The lowest BCUT2D eigenvalue weighted by Gasteiger charge is -2.43. The van der Waals surface area contributed by atoms with Crippen LogP contribution in [-0.4, -0.2) is 135 Å². The van der Waals surface area contributed by atoms with E-state index >= 15 is 0 Å². The first-order valence-corrected chi connectivity index (χ1v) is 20.5. The minimum Gasteiger partial charge on any atom is -0.458 e. The van der Waals surface area contributed by atoms with Gasteiger partial charge in [-0.3, -0.25) is 28.8 Å². The van der Waals surface area contributed by atoms with E-state index in [0.717, 1.165) is 4.90 Å². The third-order valence-corrected chi connectivity index (χ3v) is 11.1. The zero-order chi connectivity index (χ0) is 44.3. The topological polar surface area (TPSA) is 244 Å². The van der Waals surface area contributed by atoms with Crippen LogP contribution in [-0.2, 0) is 51.1 Å². The highest BCUT2D eigenvalue weighted by atomic mass is 16.5. The molecule has 328 valence electrons. The Kier molecular flexibility index (Phi) is 17.1. The Morgan fingerprint density at radius 3 is 1.97 bits per heavy atom. The van der Waals surface area contributed by atoms with E-state index in [-0.39, 0.29) is 38.0 Å². The van der Waals surface area contributed by atoms with Crippen molar-refractivity contribution in [2.24, 2.45) is 11.8 Å². The van der Waals surface area contributed by atoms with E-state index in [0.29, 0.717) is 17.5 Å². The molecular formula is C43H60N6O11. The SMILES string of the molecule is CCC(C)C1NC(=O)C(Cc2ccccc2)N(C)C(=O)C(Cc2ccccc2)N2C(=O)C(CCC2O)NC(=O)C(CC(C)C)NC(=O)C(NC(=O)C(O)CO)C(C)OC1=O. The lowest BCUT2D eigenvalue weighted by atomic mass is 9.94. The van der Waals surface area contributed by atoms with Gasteiger partial charge >= 0.3 is 5.97 Å². The average molecular weight is 837 g/mol. The third-order valence-electron chi connectivity index (χ3n) is 11.1. The molecule has 4 rings (SSSR count). The maximum Gasteiger partial charge on any atom is 0.329 e. The fraction of sp³-hybridized carbons (Fsp3) is 0.558. The van der Waals surface area contributed by atoms with Gasteiger partial charge in [0.05, 0.1) is 6.61 Å². The normalized spacial score (nSPS) is 27.4. The molecular weight excluding hydrogens is 777 g/mol. The molecule has 6 amide bonds. The van der Waals surface area contributed by atoms with Gasteiger partial charge in [-0.2, -0.15) is 0 Å². The summed E-state index contributed by atoms with van der Waals surface area (Å²) in [6, 6.07) is 9.52. The first kappa shape index (κ1) is 47.3. The second-order valence-corrected chi connectivity index (χ2v) is 16.1. The van der Waals surface area contributed by atoms with Crippen LogP contribution in [0.4, 0.5) is 0 Å². The molecule has 2 aliphatic heterocycles. The number of aliphatic hydroxyl groups excluding tert-OH is 3. The van der Waals surface area contributed by atoms with Crippen LogP contribution in [0.2, 0.25) is 0 Å². The van der Waals surface area contributed by atoms with Crippen LogP contribution in [0.1, 0.15) is 71.4 Å². The van der Waals surface area contributed by atoms with Crippen molar-refractivity contribution in [3.63, 3.8) is 0 Å². The number of fused-ring (bicyclic) bond motifs is 2. The van der Waals surface area contributed by atoms with Crippen molar-refractivity contribution in [2.75, 3.05) is 13.7 Å². The Hall–Kier alpha value is -5.39. The first-order valence-electron chi connectivity index (χ1n) is 20.5. The van der Waals surface area contributed by atoms with Crippen LogP contribution in [0.3, 0.4) is 0 Å². The zero-order valence-electron chi connectivity index (χ0n) is 35.1. The summed E-state index contributed by atoms with van der Waals surface area (Å²) in [4.78, 5) is 101. The monoisotopic (exact) mass is 836 g/mol. The molecule has 0 saturated carbocycles. The van der Waals surface area contributed by atoms with Gasteiger partial charge < -0.3 is 51.1 Å². The average Bonchev–Trinajstić information content (AvgIpc) is 3.22. The predicted molar refractivity (Wildman–Crippen MR) is 218 cm³/mol. The number of esters is 1. The van der Waals surface area contributed by atoms with Crippen molar-refractivity contribution in [3.05, 3.63) is 71.8 Å². The largest absolute Gasteiger partial charge is 0.458 e. The third kappa shape index (κ3) is 12.1. The molecule has 2 bridgehead atoms. The van der Waals surface area contributed by atoms with E-state index in [1.54, 1.807) is 88.4 Å². The van der Waals surface area contributed by atoms with E-state index < -0.39 is 109 Å². The van der Waals surface area contributed by atoms with Crippen molar-refractivity contribution in [1.82, 2.24) is 31.1 Å². The number of hydrogen-bond donors (Lipinski definition) is 7. The Labute approximate surface area is 350 Å². The molecule has 0 aliphatic carbocycles. The van der Waals surface area contributed by atoms with Crippen molar-refractivity contribution in [1.29, 1.82) is 0 Å². The smallest absolute Gasteiger partial charge is 0.329 e. The number of benzene rings is 2. The lowest BCUT2D eigenvalue weighted by molar-refractivity contribution is -0.165. The number of piperidine rings is 1. The van der Waals surface area contributed by atoms with Crippen molar-refractivity contribution in [2.45, 2.75) is 128 Å². The van der Waals surface area contributed by atoms with Gasteiger partial charge in [0.2, 0.25) is 29.5 Å². The van der Waals surface area contributed by atoms with Crippen LogP contribution in [0, 0.1) is 11.8 Å². The molecule has 2 heterocycles. The number of likely N-dealkylation sites (N-methyl/N-ethyl adjacent to an activating group) is 1. The van der Waals surface area contributed by atoms with Gasteiger partial charge in [-0.15, -0.1) is 0 Å². The van der Waals surface area contributed by atoms with Crippen LogP contribution in [0.5, 0.6) is 0 Å². The number of nitrogens with one attached hydrogen (secondary N) is 4. The van der Waals surface area contributed by atoms with Crippen LogP contribution >= 0.6 is 0 Å². The number of aliphatic hydroxyl groups is 3. The first-order chi connectivity index (χ1) is 28.5. The molecule has 0 aromatic heterocycles. The van der Waals surface area contributed by atoms with Crippen molar-refractivity contribution < 1.29 is 53.6 Å². The predicted octanol–water partition coefficient (Wildman–Crippen LogP) is -0.0619. The van der Waals surface area contributed by atoms with Gasteiger partial charge in [0.15, 0.2) is 6.10 Å². The number of cyclic esters (lactones) is 1. The summed E-state index contributed by atoms with van der Waals surface area (Å²) in [5.41, 5.74) is 1.33. The standard InChI is InChI=1S/C43H60N6O11/c1-7-25(4)35-43(59)60-26(5)36(47-39(55)33(51)23-50)40(56)45-30(20-24(2)3)37(53)44-29-18-19-34(52)49(41(29)57)32(22-28-16-12-9-13-17-28)42(58)48(6)31(38(54)46-35)21-27-14-10-8-11-15-27/h8-17,24-26,29-36,50-52H,7,18-23H2,1-6H3,(H,44,53)(H,45,56)(H,46,54)(H,47,55). The fourth-order valence-electron chi connectivity index (χ4n) is 7.38. The lowest BCUT2D eigenvalue weighted by Crippen LogP contribution is -2.65. The molecule has 0 radical (unpaired) electrons. The summed E-state index contributed by atoms with van der Waals surface area (Å²) in [7, 11) is 1.41. The summed E-state index contributed by atoms with van der Waals surface area (Å²) < 4.78 is 5.77. The number of nitrogens with zero attached hydrogens (tertiary/aromatic N) is 2. The molecule has 7 N–H and O–H groups in total. The molecule has 0 spiro atoms. The Balaban J connectivity index is 1.89. The zero-order valence-corrected chi connectivity index (χ0v) is 35.1. The summed E-state index contributed by atoms with van der Waals surface area (Å²) in [5, 5.41) is 41.4. The number of rotatable bonds is 11. The molecule has 17 nitrogen and oxygen atoms in total. The minimum absolute atomic E-state index is 0.00652. The van der Waals surface area contributed by atoms with Crippen molar-refractivity contribution in [3.8, 4) is 0 Å². The second-order valence-electron chi connectivity index (χ2n) is 16.1. The number of amides is 6. The maximum atomic E-state index is 14.9. The highest BCUT2D eigenvalue weighted by molar-refractivity contribution is 5.98. The molecule has 10 atom stereocenters. The highest BCUT2D eigenvalue weighted by Gasteiger charge is 2.46. The number of carbonyl (C=O) groups excluding carboxylic acids is 7. The maximum absolute atomic E-state index is 14.9.